The molecule has 6 atom stereocenters. The van der Waals surface area contributed by atoms with E-state index in [0.717, 1.165) is 42.9 Å². The van der Waals surface area contributed by atoms with Gasteiger partial charge in [-0.25, -0.2) is 8.42 Å². The molecule has 1 aliphatic heterocycles. The molecule has 0 bridgehead atoms. The first-order valence-electron chi connectivity index (χ1n) is 18.4. The SMILES string of the molecule is CC(C)(C)NC(=O)C1C[C@@H]2CCCC[C@@H]2CN1CC(O)C(Cc1ccccc1)NC(=O)[C@@H](NC(=O)c1ccc2ncccc2c1)C(C)(C)S(C)(=O)=O. The first kappa shape index (κ1) is 39.3. The second-order valence-corrected chi connectivity index (χ2v) is 18.9. The van der Waals surface area contributed by atoms with E-state index in [9.17, 15) is 27.9 Å². The van der Waals surface area contributed by atoms with Crippen molar-refractivity contribution in [2.24, 2.45) is 11.8 Å². The number of likely N-dealkylation sites (tertiary alicyclic amines) is 1. The number of β-amino-alcohol motifs (C(OH)–C–C–N with tert-alkyl or cyclic N) is 1. The Morgan fingerprint density at radius 1 is 0.942 bits per heavy atom. The summed E-state index contributed by atoms with van der Waals surface area (Å²) in [6, 6.07) is 15.1. The van der Waals surface area contributed by atoms with Crippen LogP contribution in [-0.4, -0.2) is 95.0 Å². The Kier molecular flexibility index (Phi) is 12.1. The monoisotopic (exact) mass is 733 g/mol. The minimum atomic E-state index is -3.89. The quantitative estimate of drug-likeness (QED) is 0.217. The topological polar surface area (TPSA) is 158 Å². The number of aromatic nitrogens is 1. The fourth-order valence-electron chi connectivity index (χ4n) is 7.61. The number of nitrogens with zero attached hydrogens (tertiary/aromatic N) is 2. The molecule has 5 rings (SSSR count). The molecule has 0 spiro atoms. The van der Waals surface area contributed by atoms with Crippen LogP contribution in [0.15, 0.2) is 66.9 Å². The molecule has 3 aromatic rings. The first-order valence-corrected chi connectivity index (χ1v) is 20.3. The van der Waals surface area contributed by atoms with Gasteiger partial charge in [-0.2, -0.15) is 0 Å². The molecule has 2 aliphatic rings. The predicted octanol–water partition coefficient (Wildman–Crippen LogP) is 4.04. The van der Waals surface area contributed by atoms with Crippen molar-refractivity contribution in [2.45, 2.75) is 108 Å². The third kappa shape index (κ3) is 9.56. The molecule has 1 saturated carbocycles. The van der Waals surface area contributed by atoms with Crippen LogP contribution >= 0.6 is 0 Å². The maximum Gasteiger partial charge on any atom is 0.251 e. The lowest BCUT2D eigenvalue weighted by Crippen LogP contribution is -2.64. The minimum Gasteiger partial charge on any atom is -0.390 e. The average molecular weight is 734 g/mol. The van der Waals surface area contributed by atoms with Gasteiger partial charge < -0.3 is 21.1 Å². The summed E-state index contributed by atoms with van der Waals surface area (Å²) in [6.45, 7) is 9.46. The van der Waals surface area contributed by atoms with E-state index in [4.69, 9.17) is 0 Å². The number of benzene rings is 2. The molecule has 1 saturated heterocycles. The number of nitrogens with one attached hydrogen (secondary N) is 3. The van der Waals surface area contributed by atoms with E-state index >= 15 is 0 Å². The van der Waals surface area contributed by atoms with E-state index in [-0.39, 0.29) is 24.4 Å². The molecule has 0 radical (unpaired) electrons. The molecule has 11 nitrogen and oxygen atoms in total. The van der Waals surface area contributed by atoms with Gasteiger partial charge in [-0.1, -0.05) is 55.7 Å². The van der Waals surface area contributed by atoms with Crippen molar-refractivity contribution in [1.82, 2.24) is 25.8 Å². The molecule has 1 aliphatic carbocycles. The van der Waals surface area contributed by atoms with Crippen LogP contribution in [0.5, 0.6) is 0 Å². The summed E-state index contributed by atoms with van der Waals surface area (Å²) in [6.07, 6.45) is 6.97. The largest absolute Gasteiger partial charge is 0.390 e. The molecule has 282 valence electrons. The predicted molar refractivity (Wildman–Crippen MR) is 203 cm³/mol. The molecular formula is C40H55N5O6S. The Labute approximate surface area is 308 Å². The third-order valence-corrected chi connectivity index (χ3v) is 13.0. The molecule has 3 unspecified atom stereocenters. The van der Waals surface area contributed by atoms with Crippen LogP contribution in [0, 0.1) is 11.8 Å². The lowest BCUT2D eigenvalue weighted by atomic mass is 9.72. The van der Waals surface area contributed by atoms with E-state index in [0.29, 0.717) is 30.3 Å². The second kappa shape index (κ2) is 16.0. The first-order chi connectivity index (χ1) is 24.4. The molecular weight excluding hydrogens is 679 g/mol. The van der Waals surface area contributed by atoms with E-state index < -0.39 is 56.2 Å². The highest BCUT2D eigenvalue weighted by molar-refractivity contribution is 7.92. The number of hydrogen-bond donors (Lipinski definition) is 4. The van der Waals surface area contributed by atoms with Gasteiger partial charge in [-0.3, -0.25) is 24.3 Å². The number of pyridine rings is 1. The standard InChI is InChI=1S/C40H55N5O6S/c1-39(2,3)44-37(48)33-23-27-15-10-11-16-30(27)24-45(33)25-34(46)32(21-26-13-8-7-9-14-26)42-38(49)35(40(4,5)52(6,50)51)43-36(47)29-18-19-31-28(22-29)17-12-20-41-31/h7-9,12-14,17-20,22,27,30,32-35,46H,10-11,15-16,21,23-25H2,1-6H3,(H,42,49)(H,43,47)(H,44,48)/t27-,30+,32?,33?,34?,35+/m0/s1. The highest BCUT2D eigenvalue weighted by Crippen LogP contribution is 2.39. The van der Waals surface area contributed by atoms with Crippen molar-refractivity contribution in [2.75, 3.05) is 19.3 Å². The number of carbonyl (C=O) groups excluding carboxylic acids is 3. The van der Waals surface area contributed by atoms with Gasteiger partial charge in [0.1, 0.15) is 6.04 Å². The lowest BCUT2D eigenvalue weighted by Gasteiger charge is -2.47. The van der Waals surface area contributed by atoms with Gasteiger partial charge in [0.05, 0.1) is 28.5 Å². The van der Waals surface area contributed by atoms with E-state index in [2.05, 4.69) is 25.8 Å². The van der Waals surface area contributed by atoms with E-state index in [1.807, 2.05) is 57.2 Å². The van der Waals surface area contributed by atoms with Gasteiger partial charge in [0, 0.05) is 42.0 Å². The van der Waals surface area contributed by atoms with Crippen LogP contribution in [0.4, 0.5) is 0 Å². The van der Waals surface area contributed by atoms with Crippen molar-refractivity contribution in [3.05, 3.63) is 78.0 Å². The van der Waals surface area contributed by atoms with Crippen LogP contribution < -0.4 is 16.0 Å². The minimum absolute atomic E-state index is 0.0745. The zero-order valence-corrected chi connectivity index (χ0v) is 32.1. The van der Waals surface area contributed by atoms with Crippen LogP contribution in [0.25, 0.3) is 10.9 Å². The fraction of sp³-hybridized carbons (Fsp3) is 0.550. The van der Waals surface area contributed by atoms with Crippen molar-refractivity contribution < 1.29 is 27.9 Å². The molecule has 3 amide bonds. The maximum absolute atomic E-state index is 14.3. The van der Waals surface area contributed by atoms with Gasteiger partial charge in [-0.15, -0.1) is 0 Å². The Bertz CT molecular complexity index is 1840. The van der Waals surface area contributed by atoms with E-state index in [1.165, 1.54) is 13.8 Å². The zero-order valence-electron chi connectivity index (χ0n) is 31.3. The molecule has 2 fully saturated rings. The molecule has 2 aromatic carbocycles. The summed E-state index contributed by atoms with van der Waals surface area (Å²) in [7, 11) is -3.89. The number of aliphatic hydroxyl groups excluding tert-OH is 1. The molecule has 1 aromatic heterocycles. The molecule has 12 heteroatoms. The highest BCUT2D eigenvalue weighted by Gasteiger charge is 2.46. The maximum atomic E-state index is 14.3. The van der Waals surface area contributed by atoms with Gasteiger partial charge in [0.15, 0.2) is 9.84 Å². The third-order valence-electron chi connectivity index (χ3n) is 10.9. The number of hydrogen-bond acceptors (Lipinski definition) is 8. The Hall–Kier alpha value is -3.87. The summed E-state index contributed by atoms with van der Waals surface area (Å²) in [5.41, 5.74) is 1.36. The Morgan fingerprint density at radius 3 is 2.31 bits per heavy atom. The molecule has 52 heavy (non-hydrogen) atoms. The van der Waals surface area contributed by atoms with Gasteiger partial charge in [-0.05, 0) is 95.5 Å². The smallest absolute Gasteiger partial charge is 0.251 e. The van der Waals surface area contributed by atoms with Crippen molar-refractivity contribution >= 4 is 38.5 Å². The van der Waals surface area contributed by atoms with Gasteiger partial charge in [0.2, 0.25) is 11.8 Å². The van der Waals surface area contributed by atoms with Gasteiger partial charge in [0.25, 0.3) is 5.91 Å². The van der Waals surface area contributed by atoms with Crippen molar-refractivity contribution in [1.29, 1.82) is 0 Å². The summed E-state index contributed by atoms with van der Waals surface area (Å²) in [5, 5.41) is 21.5. The number of fused-ring (bicyclic) bond motifs is 2. The molecule has 2 heterocycles. The van der Waals surface area contributed by atoms with Gasteiger partial charge >= 0.3 is 0 Å². The average Bonchev–Trinajstić information content (AvgIpc) is 3.08. The number of carbonyl (C=O) groups is 3. The number of rotatable bonds is 12. The lowest BCUT2D eigenvalue weighted by molar-refractivity contribution is -0.133. The van der Waals surface area contributed by atoms with Crippen LogP contribution in [0.3, 0.4) is 0 Å². The zero-order chi connectivity index (χ0) is 37.8. The van der Waals surface area contributed by atoms with Crippen LogP contribution in [0.2, 0.25) is 0 Å². The van der Waals surface area contributed by atoms with Crippen LogP contribution in [0.1, 0.15) is 82.6 Å². The second-order valence-electron chi connectivity index (χ2n) is 16.3. The van der Waals surface area contributed by atoms with Crippen molar-refractivity contribution in [3.8, 4) is 0 Å². The molecule has 4 N–H and O–H groups in total. The Morgan fingerprint density at radius 2 is 1.63 bits per heavy atom. The normalized spacial score (nSPS) is 21.7. The number of amides is 3. The number of piperidine rings is 1. The summed E-state index contributed by atoms with van der Waals surface area (Å²) in [5.74, 6) is -0.568. The summed E-state index contributed by atoms with van der Waals surface area (Å²) >= 11 is 0. The summed E-state index contributed by atoms with van der Waals surface area (Å²) < 4.78 is 24.6. The fourth-order valence-corrected chi connectivity index (χ4v) is 8.21. The van der Waals surface area contributed by atoms with Crippen LogP contribution in [-0.2, 0) is 25.8 Å². The Balaban J connectivity index is 1.43. The van der Waals surface area contributed by atoms with Crippen molar-refractivity contribution in [3.63, 3.8) is 0 Å². The summed E-state index contributed by atoms with van der Waals surface area (Å²) in [4.78, 5) is 48.1. The number of sulfone groups is 1. The number of aliphatic hydroxyl groups is 1. The van der Waals surface area contributed by atoms with E-state index in [1.54, 1.807) is 30.5 Å². The highest BCUT2D eigenvalue weighted by atomic mass is 32.2.